The predicted molar refractivity (Wildman–Crippen MR) is 44.5 cm³/mol. The van der Waals surface area contributed by atoms with E-state index in [0.29, 0.717) is 0 Å². The lowest BCUT2D eigenvalue weighted by atomic mass is 10.5. The predicted octanol–water partition coefficient (Wildman–Crippen LogP) is 3.99. The van der Waals surface area contributed by atoms with Crippen molar-refractivity contribution in [1.29, 1.82) is 0 Å². The first-order valence-corrected chi connectivity index (χ1v) is 4.94. The molecule has 0 saturated carbocycles. The Morgan fingerprint density at radius 2 is 1.05 bits per heavy atom. The lowest BCUT2D eigenvalue weighted by Gasteiger charge is -2.35. The Hall–Kier alpha value is -0.890. The second-order valence-corrected chi connectivity index (χ2v) is 3.70. The maximum atomic E-state index is 12.6. The minimum Gasteiger partial charge on any atom is -0.318 e. The zero-order valence-corrected chi connectivity index (χ0v) is 10.2. The minimum absolute atomic E-state index is 0.231. The molecule has 22 heavy (non-hydrogen) atoms. The van der Waals surface area contributed by atoms with Crippen molar-refractivity contribution in [3.63, 3.8) is 0 Å². The van der Waals surface area contributed by atoms with Crippen molar-refractivity contribution < 1.29 is 62.5 Å². The fourth-order valence-electron chi connectivity index (χ4n) is 0.876. The van der Waals surface area contributed by atoms with E-state index in [2.05, 4.69) is 14.2 Å². The van der Waals surface area contributed by atoms with Crippen molar-refractivity contribution in [2.45, 2.75) is 44.1 Å². The molecular weight excluding hydrogens is 353 g/mol. The zero-order valence-electron chi connectivity index (χ0n) is 10.2. The average molecular weight is 360 g/mol. The van der Waals surface area contributed by atoms with Crippen molar-refractivity contribution in [3.05, 3.63) is 0 Å². The van der Waals surface area contributed by atoms with Gasteiger partial charge in [0, 0.05) is 6.92 Å². The van der Waals surface area contributed by atoms with Gasteiger partial charge < -0.3 is 4.74 Å². The molecule has 0 aromatic rings. The van der Waals surface area contributed by atoms with Crippen molar-refractivity contribution in [1.82, 2.24) is 0 Å². The maximum absolute atomic E-state index is 12.6. The standard InChI is InChI=1S/C8H7F11O3/c1-5(20-2-6(13,14)15,21-7(16,17)3(9)10)22-8(18,19)4(11)12/h3-4H,2H2,1H3. The highest BCUT2D eigenvalue weighted by Crippen LogP contribution is 2.37. The van der Waals surface area contributed by atoms with Gasteiger partial charge in [-0.25, -0.2) is 17.6 Å². The lowest BCUT2D eigenvalue weighted by molar-refractivity contribution is -0.519. The van der Waals surface area contributed by atoms with E-state index < -0.39 is 43.8 Å². The van der Waals surface area contributed by atoms with E-state index in [1.54, 1.807) is 0 Å². The van der Waals surface area contributed by atoms with E-state index in [9.17, 15) is 48.3 Å². The van der Waals surface area contributed by atoms with E-state index in [1.165, 1.54) is 0 Å². The second-order valence-electron chi connectivity index (χ2n) is 3.70. The van der Waals surface area contributed by atoms with Gasteiger partial charge in [-0.05, 0) is 0 Å². The van der Waals surface area contributed by atoms with Crippen LogP contribution in [0.4, 0.5) is 48.3 Å². The van der Waals surface area contributed by atoms with Crippen molar-refractivity contribution in [2.75, 3.05) is 6.61 Å². The topological polar surface area (TPSA) is 27.7 Å². The fourth-order valence-corrected chi connectivity index (χ4v) is 0.876. The largest absolute Gasteiger partial charge is 0.420 e. The highest BCUT2D eigenvalue weighted by molar-refractivity contribution is 4.66. The van der Waals surface area contributed by atoms with Crippen molar-refractivity contribution in [3.8, 4) is 0 Å². The molecule has 0 N–H and O–H groups in total. The van der Waals surface area contributed by atoms with Gasteiger partial charge in [0.1, 0.15) is 6.61 Å². The van der Waals surface area contributed by atoms with Gasteiger partial charge in [0.15, 0.2) is 0 Å². The van der Waals surface area contributed by atoms with E-state index in [-0.39, 0.29) is 6.92 Å². The van der Waals surface area contributed by atoms with Crippen molar-refractivity contribution >= 4 is 0 Å². The molecule has 134 valence electrons. The van der Waals surface area contributed by atoms with Crippen LogP contribution in [0.1, 0.15) is 6.92 Å². The summed E-state index contributed by atoms with van der Waals surface area (Å²) < 4.78 is 143. The van der Waals surface area contributed by atoms with Gasteiger partial charge in [-0.1, -0.05) is 0 Å². The molecule has 0 aliphatic rings. The Bertz CT molecular complexity index is 332. The first kappa shape index (κ1) is 21.1. The fraction of sp³-hybridized carbons (Fsp3) is 1.00. The first-order valence-electron chi connectivity index (χ1n) is 4.94. The quantitative estimate of drug-likeness (QED) is 0.484. The highest BCUT2D eigenvalue weighted by Gasteiger charge is 2.56. The molecule has 0 aromatic heterocycles. The summed E-state index contributed by atoms with van der Waals surface area (Å²) in [5.41, 5.74) is 0. The summed E-state index contributed by atoms with van der Waals surface area (Å²) in [6.07, 6.45) is -25.9. The molecule has 0 rings (SSSR count). The third-order valence-corrected chi connectivity index (χ3v) is 1.65. The van der Waals surface area contributed by atoms with Crippen LogP contribution in [0, 0.1) is 0 Å². The average Bonchev–Trinajstić information content (AvgIpc) is 2.23. The number of alkyl halides is 11. The summed E-state index contributed by atoms with van der Waals surface area (Å²) in [5.74, 6) is -4.24. The van der Waals surface area contributed by atoms with Crippen LogP contribution in [0.3, 0.4) is 0 Å². The smallest absolute Gasteiger partial charge is 0.318 e. The van der Waals surface area contributed by atoms with Crippen LogP contribution in [0.25, 0.3) is 0 Å². The van der Waals surface area contributed by atoms with Crippen LogP contribution in [0.2, 0.25) is 0 Å². The van der Waals surface area contributed by atoms with Gasteiger partial charge in [0.05, 0.1) is 0 Å². The molecule has 0 amide bonds. The minimum atomic E-state index is -5.61. The lowest BCUT2D eigenvalue weighted by Crippen LogP contribution is -2.51. The van der Waals surface area contributed by atoms with Crippen LogP contribution >= 0.6 is 0 Å². The van der Waals surface area contributed by atoms with Gasteiger partial charge in [-0.3, -0.25) is 9.47 Å². The van der Waals surface area contributed by atoms with Crippen LogP contribution in [0.5, 0.6) is 0 Å². The molecule has 14 heteroatoms. The molecule has 0 fully saturated rings. The summed E-state index contributed by atoms with van der Waals surface area (Å²) in [4.78, 5) is 0. The van der Waals surface area contributed by atoms with Crippen molar-refractivity contribution in [2.24, 2.45) is 0 Å². The molecule has 0 atom stereocenters. The van der Waals surface area contributed by atoms with Gasteiger partial charge in [0.2, 0.25) is 0 Å². The van der Waals surface area contributed by atoms with Crippen LogP contribution in [-0.2, 0) is 14.2 Å². The zero-order chi connectivity index (χ0) is 18.0. The molecular formula is C8H7F11O3. The molecule has 0 aromatic carbocycles. The third-order valence-electron chi connectivity index (χ3n) is 1.65. The second kappa shape index (κ2) is 6.70. The van der Waals surface area contributed by atoms with Gasteiger partial charge >= 0.3 is 31.2 Å². The molecule has 0 aliphatic heterocycles. The summed E-state index contributed by atoms with van der Waals surface area (Å²) in [6.45, 7) is -2.81. The summed E-state index contributed by atoms with van der Waals surface area (Å²) in [7, 11) is 0. The van der Waals surface area contributed by atoms with Gasteiger partial charge in [-0.2, -0.15) is 30.7 Å². The summed E-state index contributed by atoms with van der Waals surface area (Å²) in [6, 6.07) is 0. The Labute approximate surface area is 114 Å². The molecule has 0 bridgehead atoms. The van der Waals surface area contributed by atoms with E-state index in [1.807, 2.05) is 0 Å². The number of ether oxygens (including phenoxy) is 3. The monoisotopic (exact) mass is 360 g/mol. The number of hydrogen-bond acceptors (Lipinski definition) is 3. The Balaban J connectivity index is 5.30. The molecule has 0 saturated heterocycles. The number of rotatable bonds is 8. The Morgan fingerprint density at radius 3 is 1.27 bits per heavy atom. The van der Waals surface area contributed by atoms with Crippen LogP contribution in [0.15, 0.2) is 0 Å². The van der Waals surface area contributed by atoms with E-state index >= 15 is 0 Å². The molecule has 0 spiro atoms. The van der Waals surface area contributed by atoms with Gasteiger partial charge in [0.25, 0.3) is 5.97 Å². The molecule has 0 heterocycles. The molecule has 3 nitrogen and oxygen atoms in total. The number of halogens is 11. The van der Waals surface area contributed by atoms with Gasteiger partial charge in [-0.15, -0.1) is 0 Å². The van der Waals surface area contributed by atoms with Crippen LogP contribution < -0.4 is 0 Å². The summed E-state index contributed by atoms with van der Waals surface area (Å²) >= 11 is 0. The Morgan fingerprint density at radius 1 is 0.727 bits per heavy atom. The van der Waals surface area contributed by atoms with E-state index in [4.69, 9.17) is 0 Å². The Kier molecular flexibility index (Phi) is 6.43. The molecule has 0 unspecified atom stereocenters. The molecule has 0 aliphatic carbocycles. The van der Waals surface area contributed by atoms with E-state index in [0.717, 1.165) is 0 Å². The third kappa shape index (κ3) is 6.91. The maximum Gasteiger partial charge on any atom is 0.420 e. The van der Waals surface area contributed by atoms with Crippen LogP contribution in [-0.4, -0.2) is 43.8 Å². The first-order chi connectivity index (χ1) is 9.51. The molecule has 0 radical (unpaired) electrons. The summed E-state index contributed by atoms with van der Waals surface area (Å²) in [5, 5.41) is 0. The highest BCUT2D eigenvalue weighted by atomic mass is 19.4. The SMILES string of the molecule is CC(OCC(F)(F)F)(OC(F)(F)C(F)F)OC(F)(F)C(F)F. The normalized spacial score (nSPS) is 15.0. The number of hydrogen-bond donors (Lipinski definition) is 0.